The minimum atomic E-state index is 0.446. The Morgan fingerprint density at radius 1 is 1.39 bits per heavy atom. The monoisotopic (exact) mass is 261 g/mol. The molecule has 0 saturated heterocycles. The van der Waals surface area contributed by atoms with Crippen LogP contribution < -0.4 is 4.90 Å². The molecule has 0 radical (unpaired) electrons. The number of halogens is 1. The zero-order chi connectivity index (χ0) is 12.7. The highest BCUT2D eigenvalue weighted by Gasteiger charge is 2.25. The second kappa shape index (κ2) is 4.32. The van der Waals surface area contributed by atoms with Crippen molar-refractivity contribution >= 4 is 17.3 Å². The molecule has 0 bridgehead atoms. The Bertz CT molecular complexity index is 576. The van der Waals surface area contributed by atoms with Crippen LogP contribution in [0.1, 0.15) is 18.1 Å². The third-order valence-electron chi connectivity index (χ3n) is 3.61. The molecular formula is C14H16ClN3. The van der Waals surface area contributed by atoms with E-state index < -0.39 is 0 Å². The van der Waals surface area contributed by atoms with E-state index in [1.54, 1.807) is 0 Å². The molecule has 1 aromatic heterocycles. The topological polar surface area (TPSA) is 21.1 Å². The first-order valence-electron chi connectivity index (χ1n) is 6.16. The third-order valence-corrected chi connectivity index (χ3v) is 3.97. The van der Waals surface area contributed by atoms with Gasteiger partial charge in [0, 0.05) is 30.9 Å². The fourth-order valence-corrected chi connectivity index (χ4v) is 2.90. The number of hydrogen-bond donors (Lipinski definition) is 0. The normalized spacial score (nSPS) is 18.8. The standard InChI is InChI=1S/C14H16ClN3/c1-10-6-13-11(4-3-5-14(13)15)8-18(10)12-7-16-17(2)9-12/h3-5,7,9-10H,6,8H2,1-2H3. The predicted molar refractivity (Wildman–Crippen MR) is 74.0 cm³/mol. The molecular weight excluding hydrogens is 246 g/mol. The van der Waals surface area contributed by atoms with E-state index in [9.17, 15) is 0 Å². The van der Waals surface area contributed by atoms with Gasteiger partial charge in [0.25, 0.3) is 0 Å². The van der Waals surface area contributed by atoms with Gasteiger partial charge in [0.1, 0.15) is 0 Å². The maximum atomic E-state index is 6.27. The van der Waals surface area contributed by atoms with Crippen LogP contribution in [-0.4, -0.2) is 15.8 Å². The second-order valence-electron chi connectivity index (χ2n) is 4.93. The van der Waals surface area contributed by atoms with Crippen molar-refractivity contribution in [3.05, 3.63) is 46.7 Å². The quantitative estimate of drug-likeness (QED) is 0.787. The predicted octanol–water partition coefficient (Wildman–Crippen LogP) is 3.02. The SMILES string of the molecule is CC1Cc2c(Cl)cccc2CN1c1cnn(C)c1. The summed E-state index contributed by atoms with van der Waals surface area (Å²) in [5.41, 5.74) is 3.80. The number of aromatic nitrogens is 2. The van der Waals surface area contributed by atoms with E-state index >= 15 is 0 Å². The van der Waals surface area contributed by atoms with Gasteiger partial charge in [0.15, 0.2) is 0 Å². The number of benzene rings is 1. The van der Waals surface area contributed by atoms with Crippen LogP contribution in [0.25, 0.3) is 0 Å². The van der Waals surface area contributed by atoms with Gasteiger partial charge in [-0.1, -0.05) is 23.7 Å². The zero-order valence-electron chi connectivity index (χ0n) is 10.6. The molecule has 0 spiro atoms. The number of nitrogens with zero attached hydrogens (tertiary/aromatic N) is 3. The first-order chi connectivity index (χ1) is 8.65. The molecule has 0 fully saturated rings. The Hall–Kier alpha value is -1.48. The largest absolute Gasteiger partial charge is 0.362 e. The van der Waals surface area contributed by atoms with Gasteiger partial charge < -0.3 is 4.90 Å². The molecule has 18 heavy (non-hydrogen) atoms. The fraction of sp³-hybridized carbons (Fsp3) is 0.357. The lowest BCUT2D eigenvalue weighted by Gasteiger charge is -2.36. The molecule has 0 amide bonds. The minimum Gasteiger partial charge on any atom is -0.362 e. The first kappa shape index (κ1) is 11.6. The van der Waals surface area contributed by atoms with Gasteiger partial charge in [-0.15, -0.1) is 0 Å². The van der Waals surface area contributed by atoms with Crippen LogP contribution in [0.15, 0.2) is 30.6 Å². The lowest BCUT2D eigenvalue weighted by Crippen LogP contribution is -2.38. The van der Waals surface area contributed by atoms with E-state index in [4.69, 9.17) is 11.6 Å². The van der Waals surface area contributed by atoms with Gasteiger partial charge in [-0.25, -0.2) is 0 Å². The van der Waals surface area contributed by atoms with E-state index in [0.717, 1.165) is 18.0 Å². The van der Waals surface area contributed by atoms with Crippen molar-refractivity contribution in [3.63, 3.8) is 0 Å². The number of fused-ring (bicyclic) bond motifs is 1. The van der Waals surface area contributed by atoms with Crippen molar-refractivity contribution in [2.24, 2.45) is 7.05 Å². The Balaban J connectivity index is 1.97. The highest BCUT2D eigenvalue weighted by atomic mass is 35.5. The molecule has 0 saturated carbocycles. The Morgan fingerprint density at radius 2 is 2.22 bits per heavy atom. The van der Waals surface area contributed by atoms with Crippen LogP contribution in [0.3, 0.4) is 0 Å². The summed E-state index contributed by atoms with van der Waals surface area (Å²) in [6, 6.07) is 6.61. The minimum absolute atomic E-state index is 0.446. The van der Waals surface area contributed by atoms with Gasteiger partial charge in [0.05, 0.1) is 11.9 Å². The van der Waals surface area contributed by atoms with Crippen molar-refractivity contribution in [1.29, 1.82) is 0 Å². The molecule has 1 aliphatic rings. The summed E-state index contributed by atoms with van der Waals surface area (Å²) >= 11 is 6.27. The molecule has 0 aliphatic carbocycles. The van der Waals surface area contributed by atoms with E-state index in [2.05, 4.69) is 29.2 Å². The van der Waals surface area contributed by atoms with E-state index in [0.29, 0.717) is 6.04 Å². The van der Waals surface area contributed by atoms with E-state index in [-0.39, 0.29) is 0 Å². The summed E-state index contributed by atoms with van der Waals surface area (Å²) in [5.74, 6) is 0. The van der Waals surface area contributed by atoms with Crippen LogP contribution in [0.2, 0.25) is 5.02 Å². The molecule has 1 unspecified atom stereocenters. The van der Waals surface area contributed by atoms with Gasteiger partial charge >= 0.3 is 0 Å². The highest BCUT2D eigenvalue weighted by Crippen LogP contribution is 2.31. The lowest BCUT2D eigenvalue weighted by molar-refractivity contribution is 0.593. The maximum Gasteiger partial charge on any atom is 0.0757 e. The number of anilines is 1. The van der Waals surface area contributed by atoms with Crippen molar-refractivity contribution < 1.29 is 0 Å². The summed E-state index contributed by atoms with van der Waals surface area (Å²) < 4.78 is 1.84. The van der Waals surface area contributed by atoms with Crippen LogP contribution in [0.5, 0.6) is 0 Å². The van der Waals surface area contributed by atoms with Crippen molar-refractivity contribution in [1.82, 2.24) is 9.78 Å². The van der Waals surface area contributed by atoms with E-state index in [1.807, 2.05) is 30.1 Å². The second-order valence-corrected chi connectivity index (χ2v) is 5.34. The summed E-state index contributed by atoms with van der Waals surface area (Å²) in [7, 11) is 1.95. The summed E-state index contributed by atoms with van der Waals surface area (Å²) in [4.78, 5) is 2.38. The average molecular weight is 262 g/mol. The van der Waals surface area contributed by atoms with Crippen LogP contribution in [0, 0.1) is 0 Å². The van der Waals surface area contributed by atoms with Crippen molar-refractivity contribution in [2.75, 3.05) is 4.90 Å². The first-order valence-corrected chi connectivity index (χ1v) is 6.54. The zero-order valence-corrected chi connectivity index (χ0v) is 11.4. The molecule has 2 heterocycles. The molecule has 94 valence electrons. The molecule has 1 aromatic carbocycles. The fourth-order valence-electron chi connectivity index (χ4n) is 2.63. The van der Waals surface area contributed by atoms with Gasteiger partial charge in [0.2, 0.25) is 0 Å². The number of aryl methyl sites for hydroxylation is 1. The molecule has 0 N–H and O–H groups in total. The number of hydrogen-bond acceptors (Lipinski definition) is 2. The van der Waals surface area contributed by atoms with E-state index in [1.165, 1.54) is 16.8 Å². The molecule has 2 aromatic rings. The molecule has 1 atom stereocenters. The molecule has 3 rings (SSSR count). The smallest absolute Gasteiger partial charge is 0.0757 e. The van der Waals surface area contributed by atoms with Gasteiger partial charge in [-0.05, 0) is 30.5 Å². The van der Waals surface area contributed by atoms with Crippen LogP contribution in [-0.2, 0) is 20.0 Å². The van der Waals surface area contributed by atoms with Gasteiger partial charge in [-0.3, -0.25) is 4.68 Å². The Morgan fingerprint density at radius 3 is 2.94 bits per heavy atom. The van der Waals surface area contributed by atoms with Crippen LogP contribution in [0.4, 0.5) is 5.69 Å². The average Bonchev–Trinajstić information content (AvgIpc) is 2.76. The molecule has 1 aliphatic heterocycles. The summed E-state index contributed by atoms with van der Waals surface area (Å²) in [6.07, 6.45) is 4.97. The maximum absolute atomic E-state index is 6.27. The van der Waals surface area contributed by atoms with Gasteiger partial charge in [-0.2, -0.15) is 5.10 Å². The van der Waals surface area contributed by atoms with Crippen molar-refractivity contribution in [3.8, 4) is 0 Å². The lowest BCUT2D eigenvalue weighted by atomic mass is 9.94. The Kier molecular flexibility index (Phi) is 2.78. The molecule has 3 nitrogen and oxygen atoms in total. The third kappa shape index (κ3) is 1.89. The number of rotatable bonds is 1. The van der Waals surface area contributed by atoms with Crippen molar-refractivity contribution in [2.45, 2.75) is 25.9 Å². The van der Waals surface area contributed by atoms with Crippen LogP contribution >= 0.6 is 11.6 Å². The molecule has 4 heteroatoms. The Labute approximate surface area is 112 Å². The summed E-state index contributed by atoms with van der Waals surface area (Å²) in [6.45, 7) is 3.14. The summed E-state index contributed by atoms with van der Waals surface area (Å²) in [5, 5.41) is 5.14. The highest BCUT2D eigenvalue weighted by molar-refractivity contribution is 6.31.